The standard InChI is InChI=1S/C17H20BrNO2/c1-12(2)19-11-13-5-4-6-15(9-13)21-17-8-7-14(20-3)10-16(17)18/h4-10,12,19H,11H2,1-3H3. The van der Waals surface area contributed by atoms with Gasteiger partial charge in [-0.1, -0.05) is 26.0 Å². The van der Waals surface area contributed by atoms with Crippen LogP contribution in [-0.2, 0) is 6.54 Å². The molecule has 0 saturated carbocycles. The molecule has 0 amide bonds. The van der Waals surface area contributed by atoms with Crippen LogP contribution >= 0.6 is 15.9 Å². The molecular formula is C17H20BrNO2. The van der Waals surface area contributed by atoms with E-state index in [2.05, 4.69) is 41.2 Å². The molecule has 0 saturated heterocycles. The first kappa shape index (κ1) is 15.9. The Morgan fingerprint density at radius 2 is 1.90 bits per heavy atom. The lowest BCUT2D eigenvalue weighted by Gasteiger charge is -2.11. The highest BCUT2D eigenvalue weighted by molar-refractivity contribution is 9.10. The molecular weight excluding hydrogens is 330 g/mol. The zero-order valence-corrected chi connectivity index (χ0v) is 14.1. The molecule has 0 bridgehead atoms. The van der Waals surface area contributed by atoms with Crippen LogP contribution in [-0.4, -0.2) is 13.2 Å². The lowest BCUT2D eigenvalue weighted by Crippen LogP contribution is -2.21. The van der Waals surface area contributed by atoms with Crippen molar-refractivity contribution in [2.75, 3.05) is 7.11 Å². The number of methoxy groups -OCH3 is 1. The van der Waals surface area contributed by atoms with E-state index < -0.39 is 0 Å². The van der Waals surface area contributed by atoms with Gasteiger partial charge in [0.2, 0.25) is 0 Å². The number of hydrogen-bond donors (Lipinski definition) is 1. The van der Waals surface area contributed by atoms with Crippen LogP contribution in [0.2, 0.25) is 0 Å². The van der Waals surface area contributed by atoms with Gasteiger partial charge in [-0.3, -0.25) is 0 Å². The SMILES string of the molecule is COc1ccc(Oc2cccc(CNC(C)C)c2)c(Br)c1. The van der Waals surface area contributed by atoms with Crippen molar-refractivity contribution in [3.63, 3.8) is 0 Å². The second-order valence-electron chi connectivity index (χ2n) is 5.08. The Labute approximate surface area is 134 Å². The molecule has 1 N–H and O–H groups in total. The Balaban J connectivity index is 2.10. The van der Waals surface area contributed by atoms with Gasteiger partial charge in [0, 0.05) is 12.6 Å². The Morgan fingerprint density at radius 3 is 2.57 bits per heavy atom. The van der Waals surface area contributed by atoms with Gasteiger partial charge >= 0.3 is 0 Å². The van der Waals surface area contributed by atoms with E-state index in [1.54, 1.807) is 7.11 Å². The minimum absolute atomic E-state index is 0.463. The summed E-state index contributed by atoms with van der Waals surface area (Å²) in [6.45, 7) is 5.10. The van der Waals surface area contributed by atoms with Gasteiger partial charge in [0.05, 0.1) is 11.6 Å². The fourth-order valence-corrected chi connectivity index (χ4v) is 2.30. The molecule has 0 aliphatic carbocycles. The Bertz CT molecular complexity index is 599. The zero-order valence-electron chi connectivity index (χ0n) is 12.5. The average Bonchev–Trinajstić information content (AvgIpc) is 2.47. The molecule has 2 aromatic rings. The molecule has 0 spiro atoms. The number of nitrogens with one attached hydrogen (secondary N) is 1. The van der Waals surface area contributed by atoms with Gasteiger partial charge in [-0.15, -0.1) is 0 Å². The molecule has 112 valence electrons. The van der Waals surface area contributed by atoms with Crippen molar-refractivity contribution in [3.8, 4) is 17.2 Å². The molecule has 0 heterocycles. The van der Waals surface area contributed by atoms with Crippen molar-refractivity contribution in [3.05, 3.63) is 52.5 Å². The molecule has 0 unspecified atom stereocenters. The predicted octanol–water partition coefficient (Wildman–Crippen LogP) is 4.75. The lowest BCUT2D eigenvalue weighted by molar-refractivity contribution is 0.412. The topological polar surface area (TPSA) is 30.5 Å². The summed E-state index contributed by atoms with van der Waals surface area (Å²) in [5.74, 6) is 2.39. The fraction of sp³-hybridized carbons (Fsp3) is 0.294. The first-order chi connectivity index (χ1) is 10.1. The molecule has 0 aromatic heterocycles. The number of ether oxygens (including phenoxy) is 2. The first-order valence-corrected chi connectivity index (χ1v) is 7.71. The Kier molecular flexibility index (Phi) is 5.65. The highest BCUT2D eigenvalue weighted by Crippen LogP contribution is 2.32. The van der Waals surface area contributed by atoms with Crippen LogP contribution in [0.4, 0.5) is 0 Å². The fourth-order valence-electron chi connectivity index (χ4n) is 1.86. The van der Waals surface area contributed by atoms with Crippen molar-refractivity contribution in [2.24, 2.45) is 0 Å². The van der Waals surface area contributed by atoms with E-state index in [9.17, 15) is 0 Å². The van der Waals surface area contributed by atoms with Crippen LogP contribution in [0.1, 0.15) is 19.4 Å². The molecule has 2 aromatic carbocycles. The molecule has 0 fully saturated rings. The van der Waals surface area contributed by atoms with Gasteiger partial charge in [-0.25, -0.2) is 0 Å². The van der Waals surface area contributed by atoms with Crippen LogP contribution in [0, 0.1) is 0 Å². The van der Waals surface area contributed by atoms with E-state index in [4.69, 9.17) is 9.47 Å². The maximum absolute atomic E-state index is 5.93. The molecule has 2 rings (SSSR count). The van der Waals surface area contributed by atoms with Crippen molar-refractivity contribution < 1.29 is 9.47 Å². The zero-order chi connectivity index (χ0) is 15.2. The molecule has 0 aliphatic rings. The highest BCUT2D eigenvalue weighted by atomic mass is 79.9. The molecule has 3 nitrogen and oxygen atoms in total. The van der Waals surface area contributed by atoms with Gasteiger partial charge in [0.15, 0.2) is 0 Å². The van der Waals surface area contributed by atoms with Gasteiger partial charge in [0.1, 0.15) is 17.2 Å². The van der Waals surface area contributed by atoms with E-state index in [0.717, 1.165) is 28.3 Å². The average molecular weight is 350 g/mol. The number of hydrogen-bond acceptors (Lipinski definition) is 3. The van der Waals surface area contributed by atoms with E-state index in [-0.39, 0.29) is 0 Å². The minimum atomic E-state index is 0.463. The molecule has 4 heteroatoms. The van der Waals surface area contributed by atoms with Gasteiger partial charge in [-0.2, -0.15) is 0 Å². The quantitative estimate of drug-likeness (QED) is 0.816. The molecule has 21 heavy (non-hydrogen) atoms. The van der Waals surface area contributed by atoms with Crippen LogP contribution in [0.15, 0.2) is 46.9 Å². The normalized spacial score (nSPS) is 10.7. The number of benzene rings is 2. The van der Waals surface area contributed by atoms with Gasteiger partial charge < -0.3 is 14.8 Å². The van der Waals surface area contributed by atoms with E-state index in [1.807, 2.05) is 36.4 Å². The highest BCUT2D eigenvalue weighted by Gasteiger charge is 2.05. The predicted molar refractivity (Wildman–Crippen MR) is 89.2 cm³/mol. The summed E-state index contributed by atoms with van der Waals surface area (Å²) in [5, 5.41) is 3.40. The van der Waals surface area contributed by atoms with Gasteiger partial charge in [0.25, 0.3) is 0 Å². The first-order valence-electron chi connectivity index (χ1n) is 6.92. The summed E-state index contributed by atoms with van der Waals surface area (Å²) in [4.78, 5) is 0. The number of rotatable bonds is 6. The summed E-state index contributed by atoms with van der Waals surface area (Å²) < 4.78 is 12.0. The second kappa shape index (κ2) is 7.48. The molecule has 0 aliphatic heterocycles. The van der Waals surface area contributed by atoms with Crippen LogP contribution in [0.25, 0.3) is 0 Å². The third-order valence-electron chi connectivity index (χ3n) is 2.98. The van der Waals surface area contributed by atoms with Crippen molar-refractivity contribution in [1.29, 1.82) is 0 Å². The van der Waals surface area contributed by atoms with Gasteiger partial charge in [-0.05, 0) is 51.8 Å². The monoisotopic (exact) mass is 349 g/mol. The largest absolute Gasteiger partial charge is 0.497 e. The summed E-state index contributed by atoms with van der Waals surface area (Å²) in [7, 11) is 1.65. The summed E-state index contributed by atoms with van der Waals surface area (Å²) in [6.07, 6.45) is 0. The Hall–Kier alpha value is -1.52. The lowest BCUT2D eigenvalue weighted by atomic mass is 10.2. The smallest absolute Gasteiger partial charge is 0.141 e. The van der Waals surface area contributed by atoms with Crippen LogP contribution in [0.3, 0.4) is 0 Å². The Morgan fingerprint density at radius 1 is 1.10 bits per heavy atom. The second-order valence-corrected chi connectivity index (χ2v) is 5.94. The number of halogens is 1. The molecule has 0 radical (unpaired) electrons. The maximum atomic E-state index is 5.93. The summed E-state index contributed by atoms with van der Waals surface area (Å²) >= 11 is 3.50. The van der Waals surface area contributed by atoms with Crippen LogP contribution < -0.4 is 14.8 Å². The minimum Gasteiger partial charge on any atom is -0.497 e. The van der Waals surface area contributed by atoms with Crippen molar-refractivity contribution >= 4 is 15.9 Å². The van der Waals surface area contributed by atoms with Crippen molar-refractivity contribution in [2.45, 2.75) is 26.4 Å². The van der Waals surface area contributed by atoms with Crippen LogP contribution in [0.5, 0.6) is 17.2 Å². The van der Waals surface area contributed by atoms with Crippen molar-refractivity contribution in [1.82, 2.24) is 5.32 Å². The summed E-state index contributed by atoms with van der Waals surface area (Å²) in [6, 6.07) is 14.2. The summed E-state index contributed by atoms with van der Waals surface area (Å²) in [5.41, 5.74) is 1.20. The third kappa shape index (κ3) is 4.76. The van der Waals surface area contributed by atoms with E-state index in [0.29, 0.717) is 6.04 Å². The molecule has 0 atom stereocenters. The van der Waals surface area contributed by atoms with E-state index >= 15 is 0 Å². The maximum Gasteiger partial charge on any atom is 0.141 e. The third-order valence-corrected chi connectivity index (χ3v) is 3.60. The van der Waals surface area contributed by atoms with E-state index in [1.165, 1.54) is 5.56 Å².